The zero-order valence-electron chi connectivity index (χ0n) is 27.8. The minimum Gasteiger partial charge on any atom is -0.454 e. The lowest BCUT2D eigenvalue weighted by Gasteiger charge is -2.30. The highest BCUT2D eigenvalue weighted by Gasteiger charge is 2.24. The number of fused-ring (bicyclic) bond motifs is 6. The molecule has 0 atom stereocenters. The highest BCUT2D eigenvalue weighted by molar-refractivity contribution is 6.15. The van der Waals surface area contributed by atoms with Gasteiger partial charge in [0, 0.05) is 39.2 Å². The number of hydrogen-bond acceptors (Lipinski definition) is 3. The second kappa shape index (κ2) is 11.9. The topological polar surface area (TPSA) is 19.6 Å². The van der Waals surface area contributed by atoms with Gasteiger partial charge in [-0.15, -0.1) is 0 Å². The largest absolute Gasteiger partial charge is 0.454 e. The molecule has 0 fully saturated rings. The van der Waals surface area contributed by atoms with Crippen molar-refractivity contribution in [1.29, 1.82) is 0 Å². The molecule has 1 heterocycles. The Balaban J connectivity index is 1.31. The van der Waals surface area contributed by atoms with E-state index in [0.29, 0.717) is 0 Å². The summed E-state index contributed by atoms with van der Waals surface area (Å²) in [7, 11) is 0. The molecule has 0 radical (unpaired) electrons. The molecule has 3 nitrogen and oxygen atoms in total. The molecular formula is C48H32N2O. The summed E-state index contributed by atoms with van der Waals surface area (Å²) in [5.74, 6) is 0. The second-order valence-electron chi connectivity index (χ2n) is 13.0. The van der Waals surface area contributed by atoms with E-state index in [1.165, 1.54) is 26.9 Å². The Hall–Kier alpha value is -6.84. The number of rotatable bonds is 6. The van der Waals surface area contributed by atoms with Crippen LogP contribution in [-0.4, -0.2) is 0 Å². The number of furan rings is 1. The third kappa shape index (κ3) is 5.06. The Morgan fingerprint density at radius 2 is 0.765 bits per heavy atom. The first-order chi connectivity index (χ1) is 25.3. The van der Waals surface area contributed by atoms with Crippen molar-refractivity contribution < 1.29 is 4.42 Å². The van der Waals surface area contributed by atoms with Crippen LogP contribution in [0.1, 0.15) is 0 Å². The van der Waals surface area contributed by atoms with Gasteiger partial charge in [0.1, 0.15) is 5.58 Å². The Morgan fingerprint density at radius 3 is 1.35 bits per heavy atom. The molecule has 9 aromatic carbocycles. The van der Waals surface area contributed by atoms with Crippen LogP contribution in [0.4, 0.5) is 34.1 Å². The molecule has 10 rings (SSSR count). The van der Waals surface area contributed by atoms with Crippen LogP contribution >= 0.6 is 0 Å². The highest BCUT2D eigenvalue weighted by atomic mass is 16.3. The van der Waals surface area contributed by atoms with Crippen LogP contribution < -0.4 is 9.80 Å². The van der Waals surface area contributed by atoms with E-state index in [0.717, 1.165) is 61.4 Å². The van der Waals surface area contributed by atoms with Gasteiger partial charge in [-0.25, -0.2) is 0 Å². The van der Waals surface area contributed by atoms with Gasteiger partial charge in [0.15, 0.2) is 5.58 Å². The molecule has 0 aliphatic carbocycles. The van der Waals surface area contributed by atoms with Gasteiger partial charge in [-0.3, -0.25) is 0 Å². The highest BCUT2D eigenvalue weighted by Crippen LogP contribution is 2.48. The standard InChI is InChI=1S/C48H32N2O/c1-3-19-39(20-4-1)49(41-25-23-33-13-7-9-15-35(33)27-41)43-31-45-44-29-37-17-11-12-18-38(37)30-47(44)51-48(45)46(32-43)50(40-21-5-2-6-22-40)42-26-24-34-14-8-10-16-36(34)28-42/h1-32H. The molecule has 240 valence electrons. The van der Waals surface area contributed by atoms with Gasteiger partial charge in [-0.1, -0.05) is 121 Å². The van der Waals surface area contributed by atoms with Crippen LogP contribution in [0.5, 0.6) is 0 Å². The first kappa shape index (κ1) is 29.1. The van der Waals surface area contributed by atoms with Crippen molar-refractivity contribution in [1.82, 2.24) is 0 Å². The monoisotopic (exact) mass is 652 g/mol. The molecule has 0 N–H and O–H groups in total. The third-order valence-corrected chi connectivity index (χ3v) is 9.91. The SMILES string of the molecule is c1ccc(N(c2ccc3ccccc3c2)c2cc(N(c3ccccc3)c3ccc4ccccc4c3)c3oc4cc5ccccc5cc4c3c2)cc1. The van der Waals surface area contributed by atoms with Crippen molar-refractivity contribution in [3.05, 3.63) is 194 Å². The van der Waals surface area contributed by atoms with E-state index in [1.54, 1.807) is 0 Å². The summed E-state index contributed by atoms with van der Waals surface area (Å²) in [4.78, 5) is 4.70. The van der Waals surface area contributed by atoms with Crippen molar-refractivity contribution in [2.45, 2.75) is 0 Å². The minimum absolute atomic E-state index is 0.840. The number of nitrogens with zero attached hydrogens (tertiary/aromatic N) is 2. The van der Waals surface area contributed by atoms with Crippen molar-refractivity contribution in [2.75, 3.05) is 9.80 Å². The van der Waals surface area contributed by atoms with Crippen LogP contribution in [0, 0.1) is 0 Å². The van der Waals surface area contributed by atoms with Gasteiger partial charge >= 0.3 is 0 Å². The molecule has 0 saturated heterocycles. The molecule has 0 bridgehead atoms. The molecule has 1 aromatic heterocycles. The lowest BCUT2D eigenvalue weighted by molar-refractivity contribution is 0.669. The predicted octanol–water partition coefficient (Wildman–Crippen LogP) is 14.0. The quantitative estimate of drug-likeness (QED) is 0.178. The Bertz CT molecular complexity index is 2880. The molecule has 51 heavy (non-hydrogen) atoms. The number of hydrogen-bond donors (Lipinski definition) is 0. The molecule has 0 unspecified atom stereocenters. The van der Waals surface area contributed by atoms with Gasteiger partial charge < -0.3 is 14.2 Å². The van der Waals surface area contributed by atoms with E-state index in [9.17, 15) is 0 Å². The normalized spacial score (nSPS) is 11.5. The average Bonchev–Trinajstić information content (AvgIpc) is 3.55. The van der Waals surface area contributed by atoms with Crippen LogP contribution in [0.15, 0.2) is 199 Å². The summed E-state index contributed by atoms with van der Waals surface area (Å²) in [5, 5.41) is 9.28. The Labute approximate surface area is 295 Å². The molecular weight excluding hydrogens is 621 g/mol. The molecule has 10 aromatic rings. The van der Waals surface area contributed by atoms with Crippen LogP contribution in [-0.2, 0) is 0 Å². The summed E-state index contributed by atoms with van der Waals surface area (Å²) in [6, 6.07) is 69.3. The lowest BCUT2D eigenvalue weighted by atomic mass is 10.0. The first-order valence-corrected chi connectivity index (χ1v) is 17.3. The third-order valence-electron chi connectivity index (χ3n) is 9.91. The van der Waals surface area contributed by atoms with Gasteiger partial charge in [-0.2, -0.15) is 0 Å². The smallest absolute Gasteiger partial charge is 0.159 e. The van der Waals surface area contributed by atoms with E-state index in [2.05, 4.69) is 204 Å². The zero-order valence-corrected chi connectivity index (χ0v) is 27.8. The molecule has 0 saturated carbocycles. The summed E-state index contributed by atoms with van der Waals surface area (Å²) < 4.78 is 6.95. The van der Waals surface area contributed by atoms with Crippen LogP contribution in [0.25, 0.3) is 54.3 Å². The molecule has 3 heteroatoms. The van der Waals surface area contributed by atoms with Crippen molar-refractivity contribution >= 4 is 88.4 Å². The van der Waals surface area contributed by atoms with E-state index in [-0.39, 0.29) is 0 Å². The maximum Gasteiger partial charge on any atom is 0.159 e. The van der Waals surface area contributed by atoms with Crippen molar-refractivity contribution in [3.8, 4) is 0 Å². The fourth-order valence-corrected chi connectivity index (χ4v) is 7.49. The second-order valence-corrected chi connectivity index (χ2v) is 13.0. The number of benzene rings is 9. The molecule has 0 amide bonds. The Morgan fingerprint density at radius 1 is 0.294 bits per heavy atom. The summed E-state index contributed by atoms with van der Waals surface area (Å²) in [5.41, 5.74) is 7.98. The van der Waals surface area contributed by atoms with Crippen molar-refractivity contribution in [2.24, 2.45) is 0 Å². The van der Waals surface area contributed by atoms with Gasteiger partial charge in [-0.05, 0) is 105 Å². The summed E-state index contributed by atoms with van der Waals surface area (Å²) >= 11 is 0. The fraction of sp³-hybridized carbons (Fsp3) is 0. The summed E-state index contributed by atoms with van der Waals surface area (Å²) in [6.07, 6.45) is 0. The van der Waals surface area contributed by atoms with Crippen molar-refractivity contribution in [3.63, 3.8) is 0 Å². The van der Waals surface area contributed by atoms with Crippen LogP contribution in [0.2, 0.25) is 0 Å². The molecule has 0 spiro atoms. The van der Waals surface area contributed by atoms with Crippen LogP contribution in [0.3, 0.4) is 0 Å². The van der Waals surface area contributed by atoms with E-state index >= 15 is 0 Å². The minimum atomic E-state index is 0.840. The lowest BCUT2D eigenvalue weighted by Crippen LogP contribution is -2.13. The number of anilines is 6. The number of para-hydroxylation sites is 2. The Kier molecular flexibility index (Phi) is 6.81. The molecule has 0 aliphatic heterocycles. The van der Waals surface area contributed by atoms with Gasteiger partial charge in [0.05, 0.1) is 5.69 Å². The van der Waals surface area contributed by atoms with E-state index < -0.39 is 0 Å². The summed E-state index contributed by atoms with van der Waals surface area (Å²) in [6.45, 7) is 0. The fourth-order valence-electron chi connectivity index (χ4n) is 7.49. The first-order valence-electron chi connectivity index (χ1n) is 17.3. The van der Waals surface area contributed by atoms with Gasteiger partial charge in [0.2, 0.25) is 0 Å². The zero-order chi connectivity index (χ0) is 33.7. The van der Waals surface area contributed by atoms with E-state index in [4.69, 9.17) is 4.42 Å². The maximum absolute atomic E-state index is 6.95. The molecule has 0 aliphatic rings. The predicted molar refractivity (Wildman–Crippen MR) is 216 cm³/mol. The van der Waals surface area contributed by atoms with Gasteiger partial charge in [0.25, 0.3) is 0 Å². The van der Waals surface area contributed by atoms with E-state index in [1.807, 2.05) is 0 Å². The maximum atomic E-state index is 6.95. The average molecular weight is 653 g/mol.